The maximum atomic E-state index is 10.3. The predicted molar refractivity (Wildman–Crippen MR) is 42.0 cm³/mol. The SMILES string of the molecule is CCC[C@H]([C@@H](O)CC)[N+](=O)[O-]. The van der Waals surface area contributed by atoms with E-state index in [0.29, 0.717) is 12.8 Å². The van der Waals surface area contributed by atoms with E-state index in [-0.39, 0.29) is 0 Å². The summed E-state index contributed by atoms with van der Waals surface area (Å²) in [4.78, 5) is 9.94. The first-order valence-electron chi connectivity index (χ1n) is 3.95. The summed E-state index contributed by atoms with van der Waals surface area (Å²) in [5, 5.41) is 19.5. The molecule has 0 heterocycles. The predicted octanol–water partition coefficient (Wildman–Crippen LogP) is 1.20. The van der Waals surface area contributed by atoms with Crippen LogP contribution < -0.4 is 0 Å². The zero-order valence-corrected chi connectivity index (χ0v) is 6.99. The molecule has 2 atom stereocenters. The lowest BCUT2D eigenvalue weighted by atomic mass is 10.1. The first-order valence-corrected chi connectivity index (χ1v) is 3.95. The average molecular weight is 161 g/mol. The molecule has 4 nitrogen and oxygen atoms in total. The minimum absolute atomic E-state index is 0.391. The fraction of sp³-hybridized carbons (Fsp3) is 1.00. The second-order valence-corrected chi connectivity index (χ2v) is 2.62. The van der Waals surface area contributed by atoms with Gasteiger partial charge in [0.25, 0.3) is 0 Å². The van der Waals surface area contributed by atoms with Crippen LogP contribution in [0.1, 0.15) is 33.1 Å². The highest BCUT2D eigenvalue weighted by atomic mass is 16.6. The van der Waals surface area contributed by atoms with Crippen molar-refractivity contribution in [3.8, 4) is 0 Å². The van der Waals surface area contributed by atoms with Gasteiger partial charge in [0.2, 0.25) is 6.04 Å². The standard InChI is InChI=1S/C7H15NO3/c1-3-5-6(8(10)11)7(9)4-2/h6-7,9H,3-5H2,1-2H3/t6-,7+/m1/s1. The molecule has 0 saturated carbocycles. The second kappa shape index (κ2) is 5.07. The number of rotatable bonds is 5. The lowest BCUT2D eigenvalue weighted by molar-refractivity contribution is -0.535. The van der Waals surface area contributed by atoms with E-state index in [1.54, 1.807) is 6.92 Å². The van der Waals surface area contributed by atoms with Crippen molar-refractivity contribution in [3.63, 3.8) is 0 Å². The van der Waals surface area contributed by atoms with Gasteiger partial charge in [-0.3, -0.25) is 10.1 Å². The van der Waals surface area contributed by atoms with Crippen molar-refractivity contribution in [2.75, 3.05) is 0 Å². The molecule has 0 aromatic carbocycles. The van der Waals surface area contributed by atoms with Crippen LogP contribution >= 0.6 is 0 Å². The molecule has 0 aromatic heterocycles. The Morgan fingerprint density at radius 3 is 2.36 bits per heavy atom. The van der Waals surface area contributed by atoms with Crippen LogP contribution in [-0.2, 0) is 0 Å². The third-order valence-corrected chi connectivity index (χ3v) is 1.72. The Hall–Kier alpha value is -0.640. The van der Waals surface area contributed by atoms with Crippen molar-refractivity contribution in [2.45, 2.75) is 45.3 Å². The van der Waals surface area contributed by atoms with Crippen molar-refractivity contribution in [1.29, 1.82) is 0 Å². The summed E-state index contributed by atoms with van der Waals surface area (Å²) in [7, 11) is 0. The molecule has 0 saturated heterocycles. The minimum Gasteiger partial charge on any atom is -0.386 e. The molecule has 0 spiro atoms. The highest BCUT2D eigenvalue weighted by Crippen LogP contribution is 2.08. The first-order chi connectivity index (χ1) is 5.13. The Morgan fingerprint density at radius 2 is 2.09 bits per heavy atom. The molecule has 0 bridgehead atoms. The van der Waals surface area contributed by atoms with E-state index >= 15 is 0 Å². The summed E-state index contributed by atoms with van der Waals surface area (Å²) in [5.41, 5.74) is 0. The molecule has 66 valence electrons. The topological polar surface area (TPSA) is 63.4 Å². The molecule has 0 aliphatic carbocycles. The summed E-state index contributed by atoms with van der Waals surface area (Å²) in [6.45, 7) is 3.62. The normalized spacial score (nSPS) is 15.9. The van der Waals surface area contributed by atoms with E-state index in [9.17, 15) is 15.2 Å². The van der Waals surface area contributed by atoms with Crippen molar-refractivity contribution in [1.82, 2.24) is 0 Å². The van der Waals surface area contributed by atoms with Crippen molar-refractivity contribution >= 4 is 0 Å². The van der Waals surface area contributed by atoms with Crippen LogP contribution in [0.25, 0.3) is 0 Å². The largest absolute Gasteiger partial charge is 0.386 e. The smallest absolute Gasteiger partial charge is 0.238 e. The number of hydrogen-bond acceptors (Lipinski definition) is 3. The van der Waals surface area contributed by atoms with E-state index in [2.05, 4.69) is 0 Å². The maximum Gasteiger partial charge on any atom is 0.238 e. The number of aliphatic hydroxyl groups excluding tert-OH is 1. The van der Waals surface area contributed by atoms with Gasteiger partial charge >= 0.3 is 0 Å². The number of nitrogens with zero attached hydrogens (tertiary/aromatic N) is 1. The molecule has 0 radical (unpaired) electrons. The number of hydrogen-bond donors (Lipinski definition) is 1. The fourth-order valence-corrected chi connectivity index (χ4v) is 1.01. The van der Waals surface area contributed by atoms with E-state index in [1.807, 2.05) is 6.92 Å². The molecule has 1 N–H and O–H groups in total. The molecular formula is C7H15NO3. The van der Waals surface area contributed by atoms with Gasteiger partial charge in [-0.2, -0.15) is 0 Å². The van der Waals surface area contributed by atoms with Crippen LogP contribution in [-0.4, -0.2) is 22.2 Å². The molecule has 0 amide bonds. The molecule has 0 fully saturated rings. The lowest BCUT2D eigenvalue weighted by Gasteiger charge is -2.12. The van der Waals surface area contributed by atoms with Crippen LogP contribution in [0.4, 0.5) is 0 Å². The quantitative estimate of drug-likeness (QED) is 0.486. The molecule has 11 heavy (non-hydrogen) atoms. The van der Waals surface area contributed by atoms with Gasteiger partial charge < -0.3 is 5.11 Å². The Kier molecular flexibility index (Phi) is 4.77. The van der Waals surface area contributed by atoms with Crippen LogP contribution in [0, 0.1) is 10.1 Å². The van der Waals surface area contributed by atoms with Gasteiger partial charge in [0.05, 0.1) is 0 Å². The molecule has 0 rings (SSSR count). The highest BCUT2D eigenvalue weighted by molar-refractivity contribution is 4.65. The Labute approximate surface area is 66.4 Å². The maximum absolute atomic E-state index is 10.3. The Bertz CT molecular complexity index is 127. The average Bonchev–Trinajstić information content (AvgIpc) is 1.98. The number of nitro groups is 1. The number of aliphatic hydroxyl groups is 1. The molecule has 0 aromatic rings. The highest BCUT2D eigenvalue weighted by Gasteiger charge is 2.26. The van der Waals surface area contributed by atoms with Crippen LogP contribution in [0.3, 0.4) is 0 Å². The van der Waals surface area contributed by atoms with Crippen molar-refractivity contribution in [3.05, 3.63) is 10.1 Å². The van der Waals surface area contributed by atoms with Crippen molar-refractivity contribution < 1.29 is 10.0 Å². The molecule has 4 heteroatoms. The van der Waals surface area contributed by atoms with E-state index in [0.717, 1.165) is 6.42 Å². The molecule has 0 aliphatic rings. The van der Waals surface area contributed by atoms with Gasteiger partial charge in [0.1, 0.15) is 6.10 Å². The van der Waals surface area contributed by atoms with Gasteiger partial charge in [-0.05, 0) is 12.8 Å². The van der Waals surface area contributed by atoms with Gasteiger partial charge in [-0.15, -0.1) is 0 Å². The van der Waals surface area contributed by atoms with Gasteiger partial charge in [0, 0.05) is 11.3 Å². The Balaban J connectivity index is 3.97. The van der Waals surface area contributed by atoms with Gasteiger partial charge in [0.15, 0.2) is 0 Å². The van der Waals surface area contributed by atoms with Gasteiger partial charge in [-0.1, -0.05) is 13.8 Å². The summed E-state index contributed by atoms with van der Waals surface area (Å²) < 4.78 is 0. The van der Waals surface area contributed by atoms with Crippen LogP contribution in [0.15, 0.2) is 0 Å². The summed E-state index contributed by atoms with van der Waals surface area (Å²) in [6, 6.07) is -0.773. The van der Waals surface area contributed by atoms with Crippen LogP contribution in [0.2, 0.25) is 0 Å². The molecular weight excluding hydrogens is 146 g/mol. The minimum atomic E-state index is -0.787. The molecule has 0 unspecified atom stereocenters. The first kappa shape index (κ1) is 10.4. The zero-order valence-electron chi connectivity index (χ0n) is 6.99. The van der Waals surface area contributed by atoms with E-state index in [4.69, 9.17) is 0 Å². The molecule has 0 aliphatic heterocycles. The summed E-state index contributed by atoms with van der Waals surface area (Å²) in [5.74, 6) is 0. The van der Waals surface area contributed by atoms with Crippen LogP contribution in [0.5, 0.6) is 0 Å². The van der Waals surface area contributed by atoms with Gasteiger partial charge in [-0.25, -0.2) is 0 Å². The monoisotopic (exact) mass is 161 g/mol. The third kappa shape index (κ3) is 3.32. The lowest BCUT2D eigenvalue weighted by Crippen LogP contribution is -2.32. The van der Waals surface area contributed by atoms with Crippen molar-refractivity contribution in [2.24, 2.45) is 0 Å². The van der Waals surface area contributed by atoms with E-state index in [1.165, 1.54) is 0 Å². The summed E-state index contributed by atoms with van der Waals surface area (Å²) in [6.07, 6.45) is 0.862. The summed E-state index contributed by atoms with van der Waals surface area (Å²) >= 11 is 0. The fourth-order valence-electron chi connectivity index (χ4n) is 1.01. The zero-order chi connectivity index (χ0) is 8.85. The van der Waals surface area contributed by atoms with E-state index < -0.39 is 17.1 Å². The Morgan fingerprint density at radius 1 is 1.55 bits per heavy atom. The second-order valence-electron chi connectivity index (χ2n) is 2.62. The third-order valence-electron chi connectivity index (χ3n) is 1.72.